The Morgan fingerprint density at radius 1 is 0.975 bits per heavy atom. The van der Waals surface area contributed by atoms with Crippen molar-refractivity contribution in [1.82, 2.24) is 15.1 Å². The van der Waals surface area contributed by atoms with Crippen LogP contribution in [0.5, 0.6) is 0 Å². The van der Waals surface area contributed by atoms with Gasteiger partial charge in [-0.15, -0.1) is 0 Å². The van der Waals surface area contributed by atoms with Gasteiger partial charge >= 0.3 is 0 Å². The lowest BCUT2D eigenvalue weighted by atomic mass is 9.77. The summed E-state index contributed by atoms with van der Waals surface area (Å²) in [5.41, 5.74) is 3.69. The molecule has 1 N–H and O–H groups in total. The largest absolute Gasteiger partial charge is 0.345 e. The van der Waals surface area contributed by atoms with Crippen molar-refractivity contribution in [3.63, 3.8) is 0 Å². The van der Waals surface area contributed by atoms with Crippen LogP contribution in [0.25, 0.3) is 0 Å². The summed E-state index contributed by atoms with van der Waals surface area (Å²) < 4.78 is 27.7. The van der Waals surface area contributed by atoms with Crippen LogP contribution in [0.15, 0.2) is 60.7 Å². The number of halogens is 3. The smallest absolute Gasteiger partial charge is 0.253 e. The van der Waals surface area contributed by atoms with Gasteiger partial charge in [0, 0.05) is 30.8 Å². The molecule has 208 valence electrons. The normalized spacial score (nSPS) is 20.1. The van der Waals surface area contributed by atoms with Crippen molar-refractivity contribution in [1.29, 1.82) is 0 Å². The van der Waals surface area contributed by atoms with E-state index in [2.05, 4.69) is 10.2 Å². The summed E-state index contributed by atoms with van der Waals surface area (Å²) in [6.45, 7) is 3.40. The molecule has 1 spiro atoms. The summed E-state index contributed by atoms with van der Waals surface area (Å²) in [7, 11) is 0. The molecule has 0 bridgehead atoms. The highest BCUT2D eigenvalue weighted by atomic mass is 35.5. The van der Waals surface area contributed by atoms with E-state index in [9.17, 15) is 18.4 Å². The Labute approximate surface area is 238 Å². The van der Waals surface area contributed by atoms with E-state index in [-0.39, 0.29) is 29.1 Å². The standard InChI is InChI=1S/C32H32ClF2N3O2/c33-27-4-2-1-3-25(27)30(39)36-29-10-7-21-5-6-22(18-26(21)29)31(40)38-16-13-32(20-38)11-14-37(15-12-32)19-23-17-24(34)8-9-28(23)35/h1-6,8-9,17-18,29H,7,10-16,19-20H2,(H,36,39). The third kappa shape index (κ3) is 5.37. The van der Waals surface area contributed by atoms with Gasteiger partial charge in [0.05, 0.1) is 16.6 Å². The number of rotatable bonds is 5. The van der Waals surface area contributed by atoms with Gasteiger partial charge in [0.2, 0.25) is 0 Å². The van der Waals surface area contributed by atoms with E-state index < -0.39 is 5.82 Å². The first-order valence-corrected chi connectivity index (χ1v) is 14.3. The van der Waals surface area contributed by atoms with Gasteiger partial charge in [0.1, 0.15) is 11.6 Å². The summed E-state index contributed by atoms with van der Waals surface area (Å²) in [4.78, 5) is 30.6. The van der Waals surface area contributed by atoms with Gasteiger partial charge in [-0.1, -0.05) is 29.8 Å². The van der Waals surface area contributed by atoms with Crippen LogP contribution < -0.4 is 5.32 Å². The van der Waals surface area contributed by atoms with Crippen molar-refractivity contribution in [2.75, 3.05) is 26.2 Å². The SMILES string of the molecule is O=C(NC1CCc2ccc(C(=O)N3CCC4(CCN(Cc5cc(F)ccc5F)CC4)C3)cc21)c1ccccc1Cl. The highest BCUT2D eigenvalue weighted by Crippen LogP contribution is 2.41. The molecule has 40 heavy (non-hydrogen) atoms. The maximum atomic E-state index is 14.1. The quantitative estimate of drug-likeness (QED) is 0.404. The predicted molar refractivity (Wildman–Crippen MR) is 150 cm³/mol. The molecule has 6 rings (SSSR count). The molecule has 5 nitrogen and oxygen atoms in total. The molecular weight excluding hydrogens is 532 g/mol. The molecule has 2 amide bonds. The number of nitrogens with one attached hydrogen (secondary N) is 1. The molecule has 0 aromatic heterocycles. The minimum atomic E-state index is -0.421. The zero-order chi connectivity index (χ0) is 27.9. The van der Waals surface area contributed by atoms with Gasteiger partial charge in [-0.3, -0.25) is 14.5 Å². The lowest BCUT2D eigenvalue weighted by Gasteiger charge is -2.39. The maximum Gasteiger partial charge on any atom is 0.253 e. The second kappa shape index (κ2) is 10.9. The highest BCUT2D eigenvalue weighted by Gasteiger charge is 2.42. The van der Waals surface area contributed by atoms with Gasteiger partial charge in [-0.05, 0) is 104 Å². The Morgan fingerprint density at radius 2 is 1.75 bits per heavy atom. The van der Waals surface area contributed by atoms with Gasteiger partial charge in [-0.2, -0.15) is 0 Å². The zero-order valence-electron chi connectivity index (χ0n) is 22.3. The number of fused-ring (bicyclic) bond motifs is 1. The van der Waals surface area contributed by atoms with Crippen LogP contribution in [0, 0.1) is 17.0 Å². The Bertz CT molecular complexity index is 1450. The monoisotopic (exact) mass is 563 g/mol. The van der Waals surface area contributed by atoms with Crippen molar-refractivity contribution in [3.05, 3.63) is 105 Å². The Balaban J connectivity index is 1.08. The van der Waals surface area contributed by atoms with Crippen molar-refractivity contribution in [3.8, 4) is 0 Å². The predicted octanol–water partition coefficient (Wildman–Crippen LogP) is 6.16. The van der Waals surface area contributed by atoms with Crippen LogP contribution in [-0.2, 0) is 13.0 Å². The molecule has 2 fully saturated rings. The van der Waals surface area contributed by atoms with Crippen molar-refractivity contribution < 1.29 is 18.4 Å². The molecule has 1 aliphatic carbocycles. The summed E-state index contributed by atoms with van der Waals surface area (Å²) in [5.74, 6) is -0.991. The summed E-state index contributed by atoms with van der Waals surface area (Å²) in [5, 5.41) is 3.52. The number of amides is 2. The number of carbonyl (C=O) groups is 2. The lowest BCUT2D eigenvalue weighted by Crippen LogP contribution is -2.42. The lowest BCUT2D eigenvalue weighted by molar-refractivity contribution is 0.0712. The first-order valence-electron chi connectivity index (χ1n) is 13.9. The van der Waals surface area contributed by atoms with Gasteiger partial charge < -0.3 is 10.2 Å². The number of carbonyl (C=O) groups excluding carboxylic acids is 2. The molecule has 3 aliphatic rings. The molecular formula is C32H32ClF2N3O2. The average molecular weight is 564 g/mol. The van der Waals surface area contributed by atoms with Crippen molar-refractivity contribution >= 4 is 23.4 Å². The van der Waals surface area contributed by atoms with Crippen LogP contribution in [0.4, 0.5) is 8.78 Å². The summed E-state index contributed by atoms with van der Waals surface area (Å²) in [6.07, 6.45) is 4.43. The van der Waals surface area contributed by atoms with E-state index in [4.69, 9.17) is 11.6 Å². The second-order valence-electron chi connectivity index (χ2n) is 11.4. The summed E-state index contributed by atoms with van der Waals surface area (Å²) in [6, 6.07) is 16.3. The topological polar surface area (TPSA) is 52.7 Å². The Kier molecular flexibility index (Phi) is 7.36. The van der Waals surface area contributed by atoms with E-state index in [0.717, 1.165) is 62.4 Å². The maximum absolute atomic E-state index is 14.1. The number of piperidine rings is 1. The molecule has 2 saturated heterocycles. The molecule has 0 radical (unpaired) electrons. The number of hydrogen-bond acceptors (Lipinski definition) is 3. The van der Waals surface area contributed by atoms with Gasteiger partial charge in [-0.25, -0.2) is 8.78 Å². The Hall–Kier alpha value is -3.29. The van der Waals surface area contributed by atoms with Crippen LogP contribution in [0.2, 0.25) is 5.02 Å². The molecule has 0 saturated carbocycles. The fourth-order valence-electron chi connectivity index (χ4n) is 6.56. The minimum absolute atomic E-state index is 0.0204. The molecule has 1 unspecified atom stereocenters. The molecule has 8 heteroatoms. The van der Waals surface area contributed by atoms with E-state index in [1.807, 2.05) is 23.1 Å². The highest BCUT2D eigenvalue weighted by molar-refractivity contribution is 6.33. The van der Waals surface area contributed by atoms with Crippen LogP contribution in [0.1, 0.15) is 69.1 Å². The zero-order valence-corrected chi connectivity index (χ0v) is 23.0. The van der Waals surface area contributed by atoms with Gasteiger partial charge in [0.15, 0.2) is 0 Å². The molecule has 1 atom stereocenters. The van der Waals surface area contributed by atoms with E-state index in [1.165, 1.54) is 12.1 Å². The van der Waals surface area contributed by atoms with Gasteiger partial charge in [0.25, 0.3) is 11.8 Å². The van der Waals surface area contributed by atoms with Crippen molar-refractivity contribution in [2.24, 2.45) is 5.41 Å². The van der Waals surface area contributed by atoms with E-state index in [0.29, 0.717) is 41.3 Å². The third-order valence-corrected chi connectivity index (χ3v) is 9.27. The molecule has 2 aliphatic heterocycles. The first kappa shape index (κ1) is 26.9. The van der Waals surface area contributed by atoms with Crippen LogP contribution in [-0.4, -0.2) is 47.8 Å². The molecule has 2 heterocycles. The minimum Gasteiger partial charge on any atom is -0.345 e. The van der Waals surface area contributed by atoms with E-state index in [1.54, 1.807) is 24.3 Å². The Morgan fingerprint density at radius 3 is 2.55 bits per heavy atom. The second-order valence-corrected chi connectivity index (χ2v) is 11.9. The number of hydrogen-bond donors (Lipinski definition) is 1. The van der Waals surface area contributed by atoms with Crippen LogP contribution in [0.3, 0.4) is 0 Å². The fraction of sp³-hybridized carbons (Fsp3) is 0.375. The third-order valence-electron chi connectivity index (χ3n) is 8.94. The first-order chi connectivity index (χ1) is 19.3. The number of nitrogens with zero attached hydrogens (tertiary/aromatic N) is 2. The number of aryl methyl sites for hydroxylation is 1. The molecule has 3 aromatic rings. The number of likely N-dealkylation sites (tertiary alicyclic amines) is 2. The molecule has 3 aromatic carbocycles. The number of benzene rings is 3. The van der Waals surface area contributed by atoms with Crippen LogP contribution >= 0.6 is 11.6 Å². The fourth-order valence-corrected chi connectivity index (χ4v) is 6.78. The average Bonchev–Trinajstić information content (AvgIpc) is 3.56. The van der Waals surface area contributed by atoms with E-state index >= 15 is 0 Å². The summed E-state index contributed by atoms with van der Waals surface area (Å²) >= 11 is 6.22. The van der Waals surface area contributed by atoms with Crippen molar-refractivity contribution in [2.45, 2.75) is 44.7 Å².